The standard InChI is InChI=1S/C12H16N2.2C9H13N.C8H10.C4H10.C2H6/c1-6-7(2)9(4)12-11(8(6)3)13-10(5)14-12;1-6-5-10-9(4)8(3)7(6)2;1-8-6-4-5-7-9(8)10(2)3;1-7-5-3-4-6-8(7)2;1-4(2)3;1-2/h1-5H3,(H,13,14);5H,1-4H3;4-7H,1-3H3;3-6H,1-2H3;4H,1-3H3;1-2H3. The molecular formula is C44H68N4. The molecule has 0 atom stereocenters. The Kier molecular flexibility index (Phi) is 20.1. The number of aromatic amines is 1. The van der Waals surface area contributed by atoms with Crippen LogP contribution < -0.4 is 4.90 Å². The van der Waals surface area contributed by atoms with Gasteiger partial charge in [-0.3, -0.25) is 4.98 Å². The highest BCUT2D eigenvalue weighted by atomic mass is 15.1. The molecule has 0 radical (unpaired) electrons. The van der Waals surface area contributed by atoms with E-state index in [1.165, 1.54) is 66.8 Å². The molecule has 2 aromatic heterocycles. The summed E-state index contributed by atoms with van der Waals surface area (Å²) in [6, 6.07) is 16.7. The zero-order valence-corrected chi connectivity index (χ0v) is 34.1. The van der Waals surface area contributed by atoms with Crippen molar-refractivity contribution in [1.82, 2.24) is 15.0 Å². The summed E-state index contributed by atoms with van der Waals surface area (Å²) < 4.78 is 0. The molecule has 5 aromatic rings. The molecule has 0 aliphatic carbocycles. The van der Waals surface area contributed by atoms with E-state index in [0.717, 1.165) is 23.0 Å². The SMILES string of the molecule is CC.CC(C)C.Cc1ccccc1C.Cc1ccccc1N(C)C.Cc1cnc(C)c(C)c1C.Cc1nc2c(C)c(C)c(C)c(C)c2[nH]1. The smallest absolute Gasteiger partial charge is 0.104 e. The van der Waals surface area contributed by atoms with Crippen LogP contribution in [-0.2, 0) is 0 Å². The van der Waals surface area contributed by atoms with Gasteiger partial charge in [0.25, 0.3) is 0 Å². The summed E-state index contributed by atoms with van der Waals surface area (Å²) in [6.07, 6.45) is 1.93. The van der Waals surface area contributed by atoms with Gasteiger partial charge in [0.15, 0.2) is 0 Å². The molecule has 4 nitrogen and oxygen atoms in total. The van der Waals surface area contributed by atoms with Gasteiger partial charge in [0.1, 0.15) is 5.82 Å². The van der Waals surface area contributed by atoms with Gasteiger partial charge in [-0.05, 0) is 151 Å². The predicted molar refractivity (Wildman–Crippen MR) is 216 cm³/mol. The molecule has 0 bridgehead atoms. The van der Waals surface area contributed by atoms with Crippen LogP contribution in [0.3, 0.4) is 0 Å². The lowest BCUT2D eigenvalue weighted by molar-refractivity contribution is 0.737. The normalized spacial score (nSPS) is 9.75. The van der Waals surface area contributed by atoms with Gasteiger partial charge in [0.05, 0.1) is 11.0 Å². The first-order valence-electron chi connectivity index (χ1n) is 17.5. The van der Waals surface area contributed by atoms with Crippen LogP contribution in [0.2, 0.25) is 0 Å². The monoisotopic (exact) mass is 653 g/mol. The highest BCUT2D eigenvalue weighted by molar-refractivity contribution is 5.84. The predicted octanol–water partition coefficient (Wildman–Crippen LogP) is 12.5. The number of fused-ring (bicyclic) bond motifs is 1. The molecule has 264 valence electrons. The third-order valence-corrected chi connectivity index (χ3v) is 8.41. The summed E-state index contributed by atoms with van der Waals surface area (Å²) in [6.45, 7) is 35.9. The van der Waals surface area contributed by atoms with Crippen molar-refractivity contribution in [3.63, 3.8) is 0 Å². The summed E-state index contributed by atoms with van der Waals surface area (Å²) in [5, 5.41) is 0. The number of anilines is 1. The number of aromatic nitrogens is 3. The quantitative estimate of drug-likeness (QED) is 0.196. The lowest BCUT2D eigenvalue weighted by Gasteiger charge is -2.14. The van der Waals surface area contributed by atoms with Crippen molar-refractivity contribution in [1.29, 1.82) is 0 Å². The summed E-state index contributed by atoms with van der Waals surface area (Å²) >= 11 is 0. The maximum atomic E-state index is 4.52. The fraction of sp³-hybridized carbons (Fsp3) is 0.455. The Labute approximate surface area is 295 Å². The molecule has 0 aliphatic rings. The van der Waals surface area contributed by atoms with Crippen molar-refractivity contribution in [2.75, 3.05) is 19.0 Å². The van der Waals surface area contributed by atoms with Crippen LogP contribution in [-0.4, -0.2) is 29.0 Å². The summed E-state index contributed by atoms with van der Waals surface area (Å²) in [4.78, 5) is 14.2. The van der Waals surface area contributed by atoms with E-state index in [9.17, 15) is 0 Å². The number of H-pyrrole nitrogens is 1. The van der Waals surface area contributed by atoms with E-state index < -0.39 is 0 Å². The largest absolute Gasteiger partial charge is 0.377 e. The average molecular weight is 653 g/mol. The van der Waals surface area contributed by atoms with Crippen molar-refractivity contribution < 1.29 is 0 Å². The zero-order valence-electron chi connectivity index (χ0n) is 34.1. The minimum Gasteiger partial charge on any atom is -0.377 e. The summed E-state index contributed by atoms with van der Waals surface area (Å²) in [7, 11) is 4.12. The maximum Gasteiger partial charge on any atom is 0.104 e. The minimum absolute atomic E-state index is 0.833. The maximum absolute atomic E-state index is 4.52. The van der Waals surface area contributed by atoms with Crippen LogP contribution in [0.4, 0.5) is 5.69 Å². The van der Waals surface area contributed by atoms with E-state index in [0.29, 0.717) is 0 Å². The molecule has 5 rings (SSSR count). The number of nitrogens with zero attached hydrogens (tertiary/aromatic N) is 3. The van der Waals surface area contributed by atoms with Gasteiger partial charge in [0, 0.05) is 31.7 Å². The number of imidazole rings is 1. The van der Waals surface area contributed by atoms with Crippen LogP contribution in [0.25, 0.3) is 11.0 Å². The minimum atomic E-state index is 0.833. The van der Waals surface area contributed by atoms with Crippen molar-refractivity contribution in [2.24, 2.45) is 5.92 Å². The zero-order chi connectivity index (χ0) is 37.3. The number of nitrogens with one attached hydrogen (secondary N) is 1. The van der Waals surface area contributed by atoms with Gasteiger partial charge in [-0.1, -0.05) is 77.1 Å². The fourth-order valence-corrected chi connectivity index (χ4v) is 4.64. The Morgan fingerprint density at radius 3 is 1.38 bits per heavy atom. The van der Waals surface area contributed by atoms with Crippen molar-refractivity contribution in [2.45, 2.75) is 118 Å². The van der Waals surface area contributed by atoms with Crippen LogP contribution >= 0.6 is 0 Å². The van der Waals surface area contributed by atoms with E-state index in [4.69, 9.17) is 0 Å². The molecule has 0 spiro atoms. The molecular weight excluding hydrogens is 585 g/mol. The van der Waals surface area contributed by atoms with E-state index in [1.807, 2.05) is 33.9 Å². The number of aryl methyl sites for hydroxylation is 8. The lowest BCUT2D eigenvalue weighted by atomic mass is 9.98. The van der Waals surface area contributed by atoms with E-state index in [-0.39, 0.29) is 0 Å². The molecule has 0 fully saturated rings. The second-order valence-electron chi connectivity index (χ2n) is 13.3. The molecule has 3 aromatic carbocycles. The number of hydrogen-bond donors (Lipinski definition) is 1. The molecule has 4 heteroatoms. The van der Waals surface area contributed by atoms with E-state index in [2.05, 4.69) is 172 Å². The van der Waals surface area contributed by atoms with Crippen molar-refractivity contribution in [3.8, 4) is 0 Å². The molecule has 0 aliphatic heterocycles. The first-order valence-corrected chi connectivity index (χ1v) is 17.5. The molecule has 0 amide bonds. The summed E-state index contributed by atoms with van der Waals surface area (Å²) in [5.41, 5.74) is 18.1. The third kappa shape index (κ3) is 14.1. The Morgan fingerprint density at radius 1 is 0.542 bits per heavy atom. The van der Waals surface area contributed by atoms with Gasteiger partial charge in [-0.15, -0.1) is 0 Å². The van der Waals surface area contributed by atoms with Crippen LogP contribution in [0, 0.1) is 89.0 Å². The summed E-state index contributed by atoms with van der Waals surface area (Å²) in [5.74, 6) is 1.83. The van der Waals surface area contributed by atoms with Gasteiger partial charge in [-0.2, -0.15) is 0 Å². The first-order chi connectivity index (χ1) is 22.4. The fourth-order valence-electron chi connectivity index (χ4n) is 4.64. The number of para-hydroxylation sites is 1. The molecule has 1 N–H and O–H groups in total. The van der Waals surface area contributed by atoms with E-state index >= 15 is 0 Å². The van der Waals surface area contributed by atoms with Gasteiger partial charge >= 0.3 is 0 Å². The van der Waals surface area contributed by atoms with Gasteiger partial charge in [0.2, 0.25) is 0 Å². The Bertz CT molecular complexity index is 1580. The average Bonchev–Trinajstić information content (AvgIpc) is 3.45. The Morgan fingerprint density at radius 2 is 0.979 bits per heavy atom. The van der Waals surface area contributed by atoms with E-state index in [1.54, 1.807) is 0 Å². The van der Waals surface area contributed by atoms with Crippen LogP contribution in [0.1, 0.15) is 102 Å². The number of pyridine rings is 1. The van der Waals surface area contributed by atoms with Crippen LogP contribution in [0.5, 0.6) is 0 Å². The highest BCUT2D eigenvalue weighted by Gasteiger charge is 2.11. The second kappa shape index (κ2) is 21.9. The number of rotatable bonds is 1. The second-order valence-corrected chi connectivity index (χ2v) is 13.3. The first kappa shape index (κ1) is 44.1. The molecule has 0 unspecified atom stereocenters. The Balaban J connectivity index is 0.000000591. The van der Waals surface area contributed by atoms with Crippen molar-refractivity contribution >= 4 is 16.7 Å². The number of hydrogen-bond acceptors (Lipinski definition) is 3. The van der Waals surface area contributed by atoms with Crippen LogP contribution in [0.15, 0.2) is 54.7 Å². The Hall–Kier alpha value is -3.92. The highest BCUT2D eigenvalue weighted by Crippen LogP contribution is 2.27. The van der Waals surface area contributed by atoms with Gasteiger partial charge in [-0.25, -0.2) is 4.98 Å². The topological polar surface area (TPSA) is 44.8 Å². The molecule has 0 saturated carbocycles. The van der Waals surface area contributed by atoms with Gasteiger partial charge < -0.3 is 9.88 Å². The molecule has 2 heterocycles. The number of benzene rings is 3. The molecule has 48 heavy (non-hydrogen) atoms. The third-order valence-electron chi connectivity index (χ3n) is 8.41. The molecule has 0 saturated heterocycles. The van der Waals surface area contributed by atoms with Crippen molar-refractivity contribution in [3.05, 3.63) is 122 Å². The lowest BCUT2D eigenvalue weighted by Crippen LogP contribution is -2.09.